The molecule has 2 aromatic rings. The molecule has 1 fully saturated rings. The molecular weight excluding hydrogens is 495 g/mol. The minimum Gasteiger partial charge on any atom is -0.356 e. The van der Waals surface area contributed by atoms with Gasteiger partial charge in [-0.05, 0) is 42.8 Å². The Kier molecular flexibility index (Phi) is 9.23. The third kappa shape index (κ3) is 6.47. The Bertz CT molecular complexity index is 775. The van der Waals surface area contributed by atoms with Gasteiger partial charge in [0.2, 0.25) is 0 Å². The number of nitrogens with one attached hydrogen (secondary N) is 2. The summed E-state index contributed by atoms with van der Waals surface area (Å²) in [6.45, 7) is 2.16. The van der Waals surface area contributed by atoms with Gasteiger partial charge in [-0.15, -0.1) is 35.7 Å². The van der Waals surface area contributed by atoms with Gasteiger partial charge in [0, 0.05) is 49.6 Å². The number of anilines is 1. The average Bonchev–Trinajstić information content (AvgIpc) is 3.14. The molecule has 2 N–H and O–H groups in total. The first-order valence-corrected chi connectivity index (χ1v) is 9.85. The topological polar surface area (TPSA) is 52.6 Å². The number of thioether (sulfide) groups is 1. The number of halogens is 3. The molecule has 5 nitrogen and oxygen atoms in total. The van der Waals surface area contributed by atoms with Crippen molar-refractivity contribution in [2.45, 2.75) is 17.4 Å². The molecule has 1 saturated heterocycles. The molecule has 28 heavy (non-hydrogen) atoms. The summed E-state index contributed by atoms with van der Waals surface area (Å²) in [5.74, 6) is 1.45. The van der Waals surface area contributed by atoms with Gasteiger partial charge >= 0.3 is 0 Å². The van der Waals surface area contributed by atoms with Crippen LogP contribution in [0.5, 0.6) is 0 Å². The van der Waals surface area contributed by atoms with Crippen LogP contribution in [0.25, 0.3) is 0 Å². The Hall–Kier alpha value is -1.62. The Labute approximate surface area is 185 Å². The molecule has 0 bridgehead atoms. The summed E-state index contributed by atoms with van der Waals surface area (Å²) in [4.78, 5) is 11.4. The first-order chi connectivity index (χ1) is 13.2. The number of aliphatic imine (C=N–C) groups is 1. The highest BCUT2D eigenvalue weighted by atomic mass is 127. The standard InChI is InChI=1S/C19H23F2N5S.HI/c1-22-19(24-10-12-27-16-6-4-14(20)5-7-16)25-15-8-11-26(13-15)18-17(21)3-2-9-23-18;/h2-7,9,15H,8,10-13H2,1H3,(H2,22,24,25);1H. The van der Waals surface area contributed by atoms with E-state index in [0.29, 0.717) is 12.4 Å². The van der Waals surface area contributed by atoms with Crippen LogP contribution in [0.1, 0.15) is 6.42 Å². The zero-order valence-electron chi connectivity index (χ0n) is 15.6. The quantitative estimate of drug-likeness (QED) is 0.201. The molecule has 0 amide bonds. The van der Waals surface area contributed by atoms with Gasteiger partial charge in [-0.2, -0.15) is 0 Å². The van der Waals surface area contributed by atoms with E-state index in [1.54, 1.807) is 43.2 Å². The fourth-order valence-electron chi connectivity index (χ4n) is 2.94. The second-order valence-corrected chi connectivity index (χ2v) is 7.35. The van der Waals surface area contributed by atoms with Crippen LogP contribution in [0.2, 0.25) is 0 Å². The van der Waals surface area contributed by atoms with Crippen LogP contribution in [-0.4, -0.2) is 49.4 Å². The van der Waals surface area contributed by atoms with Gasteiger partial charge in [0.05, 0.1) is 0 Å². The van der Waals surface area contributed by atoms with Gasteiger partial charge in [-0.1, -0.05) is 0 Å². The summed E-state index contributed by atoms with van der Waals surface area (Å²) in [5.41, 5.74) is 0. The van der Waals surface area contributed by atoms with Gasteiger partial charge < -0.3 is 15.5 Å². The first kappa shape index (κ1) is 22.7. The molecule has 1 aromatic carbocycles. The number of aromatic nitrogens is 1. The van der Waals surface area contributed by atoms with Crippen LogP contribution < -0.4 is 15.5 Å². The fourth-order valence-corrected chi connectivity index (χ4v) is 3.71. The molecule has 1 aliphatic rings. The molecule has 0 aliphatic carbocycles. The molecular formula is C19H24F2IN5S. The van der Waals surface area contributed by atoms with Crippen molar-refractivity contribution in [3.05, 3.63) is 54.2 Å². The van der Waals surface area contributed by atoms with E-state index in [-0.39, 0.29) is 41.7 Å². The lowest BCUT2D eigenvalue weighted by molar-refractivity contribution is 0.612. The smallest absolute Gasteiger partial charge is 0.191 e. The summed E-state index contributed by atoms with van der Waals surface area (Å²) < 4.78 is 26.8. The minimum atomic E-state index is -0.293. The van der Waals surface area contributed by atoms with Crippen molar-refractivity contribution in [2.75, 3.05) is 37.3 Å². The molecule has 0 saturated carbocycles. The number of nitrogens with zero attached hydrogens (tertiary/aromatic N) is 3. The maximum atomic E-state index is 13.9. The van der Waals surface area contributed by atoms with E-state index >= 15 is 0 Å². The van der Waals surface area contributed by atoms with Crippen molar-refractivity contribution in [1.29, 1.82) is 0 Å². The predicted molar refractivity (Wildman–Crippen MR) is 122 cm³/mol. The fraction of sp³-hybridized carbons (Fsp3) is 0.368. The lowest BCUT2D eigenvalue weighted by atomic mass is 10.3. The van der Waals surface area contributed by atoms with Crippen LogP contribution in [-0.2, 0) is 0 Å². The van der Waals surface area contributed by atoms with Crippen LogP contribution >= 0.6 is 35.7 Å². The highest BCUT2D eigenvalue weighted by Crippen LogP contribution is 2.21. The number of benzene rings is 1. The van der Waals surface area contributed by atoms with E-state index in [9.17, 15) is 8.78 Å². The molecule has 9 heteroatoms. The Morgan fingerprint density at radius 3 is 2.79 bits per heavy atom. The first-order valence-electron chi connectivity index (χ1n) is 8.86. The number of hydrogen-bond donors (Lipinski definition) is 2. The highest BCUT2D eigenvalue weighted by molar-refractivity contribution is 14.0. The minimum absolute atomic E-state index is 0. The molecule has 1 atom stereocenters. The third-order valence-electron chi connectivity index (χ3n) is 4.27. The summed E-state index contributed by atoms with van der Waals surface area (Å²) in [7, 11) is 1.73. The van der Waals surface area contributed by atoms with Crippen molar-refractivity contribution >= 4 is 47.5 Å². The number of hydrogen-bond acceptors (Lipinski definition) is 4. The second kappa shape index (κ2) is 11.4. The van der Waals surface area contributed by atoms with Gasteiger partial charge in [0.25, 0.3) is 0 Å². The van der Waals surface area contributed by atoms with E-state index in [1.807, 2.05) is 4.90 Å². The lowest BCUT2D eigenvalue weighted by Gasteiger charge is -2.20. The summed E-state index contributed by atoms with van der Waals surface area (Å²) >= 11 is 1.65. The molecule has 1 unspecified atom stereocenters. The normalized spacial score (nSPS) is 16.6. The zero-order valence-corrected chi connectivity index (χ0v) is 18.7. The molecule has 0 spiro atoms. The Morgan fingerprint density at radius 1 is 1.29 bits per heavy atom. The largest absolute Gasteiger partial charge is 0.356 e. The summed E-state index contributed by atoms with van der Waals surface area (Å²) in [5, 5.41) is 6.66. The van der Waals surface area contributed by atoms with E-state index in [2.05, 4.69) is 20.6 Å². The van der Waals surface area contributed by atoms with Crippen molar-refractivity contribution in [1.82, 2.24) is 15.6 Å². The SMILES string of the molecule is CN=C(NCCSc1ccc(F)cc1)NC1CCN(c2ncccc2F)C1.I. The Morgan fingerprint density at radius 2 is 2.07 bits per heavy atom. The number of pyridine rings is 1. The number of rotatable bonds is 6. The van der Waals surface area contributed by atoms with E-state index in [4.69, 9.17) is 0 Å². The molecule has 1 aliphatic heterocycles. The second-order valence-electron chi connectivity index (χ2n) is 6.19. The zero-order chi connectivity index (χ0) is 19.1. The van der Waals surface area contributed by atoms with Crippen LogP contribution in [0.15, 0.2) is 52.5 Å². The Balaban J connectivity index is 0.00000280. The number of guanidine groups is 1. The van der Waals surface area contributed by atoms with Crippen molar-refractivity contribution in [3.63, 3.8) is 0 Å². The van der Waals surface area contributed by atoms with Gasteiger partial charge in [-0.3, -0.25) is 4.99 Å². The van der Waals surface area contributed by atoms with Crippen molar-refractivity contribution in [2.24, 2.45) is 4.99 Å². The van der Waals surface area contributed by atoms with E-state index < -0.39 is 0 Å². The average molecular weight is 519 g/mol. The van der Waals surface area contributed by atoms with E-state index in [1.165, 1.54) is 18.2 Å². The maximum absolute atomic E-state index is 13.9. The molecule has 3 rings (SSSR count). The van der Waals surface area contributed by atoms with Crippen LogP contribution in [0, 0.1) is 11.6 Å². The third-order valence-corrected chi connectivity index (χ3v) is 5.28. The van der Waals surface area contributed by atoms with Gasteiger partial charge in [-0.25, -0.2) is 13.8 Å². The monoisotopic (exact) mass is 519 g/mol. The molecule has 2 heterocycles. The van der Waals surface area contributed by atoms with Crippen LogP contribution in [0.4, 0.5) is 14.6 Å². The molecule has 1 aromatic heterocycles. The summed E-state index contributed by atoms with van der Waals surface area (Å²) in [6.07, 6.45) is 2.50. The van der Waals surface area contributed by atoms with E-state index in [0.717, 1.165) is 36.1 Å². The molecule has 152 valence electrons. The maximum Gasteiger partial charge on any atom is 0.191 e. The van der Waals surface area contributed by atoms with Crippen molar-refractivity contribution < 1.29 is 8.78 Å². The predicted octanol–water partition coefficient (Wildman–Crippen LogP) is 3.51. The summed E-state index contributed by atoms with van der Waals surface area (Å²) in [6, 6.07) is 9.69. The van der Waals surface area contributed by atoms with Crippen molar-refractivity contribution in [3.8, 4) is 0 Å². The lowest BCUT2D eigenvalue weighted by Crippen LogP contribution is -2.45. The van der Waals surface area contributed by atoms with Crippen LogP contribution in [0.3, 0.4) is 0 Å². The molecule has 0 radical (unpaired) electrons. The van der Waals surface area contributed by atoms with Gasteiger partial charge in [0.15, 0.2) is 17.6 Å². The highest BCUT2D eigenvalue weighted by Gasteiger charge is 2.25. The van der Waals surface area contributed by atoms with Gasteiger partial charge in [0.1, 0.15) is 5.82 Å².